The van der Waals surface area contributed by atoms with Crippen LogP contribution in [-0.2, 0) is 0 Å². The number of benzene rings is 1. The van der Waals surface area contributed by atoms with Crippen molar-refractivity contribution in [3.63, 3.8) is 0 Å². The Morgan fingerprint density at radius 1 is 1.16 bits per heavy atom. The Morgan fingerprint density at radius 3 is 2.21 bits per heavy atom. The van der Waals surface area contributed by atoms with Crippen LogP contribution in [0, 0.1) is 29.9 Å². The van der Waals surface area contributed by atoms with Crippen LogP contribution in [-0.4, -0.2) is 7.05 Å². The lowest BCUT2D eigenvalue weighted by Gasteiger charge is -2.31. The first-order valence-corrected chi connectivity index (χ1v) is 6.79. The Hall–Kier alpha value is -0.960. The molecule has 0 aliphatic carbocycles. The van der Waals surface area contributed by atoms with Crippen LogP contribution in [0.5, 0.6) is 0 Å². The van der Waals surface area contributed by atoms with Gasteiger partial charge in [0.2, 0.25) is 0 Å². The van der Waals surface area contributed by atoms with Gasteiger partial charge in [-0.25, -0.2) is 8.78 Å². The molecule has 3 heteroatoms. The van der Waals surface area contributed by atoms with Gasteiger partial charge in [0.25, 0.3) is 0 Å². The summed E-state index contributed by atoms with van der Waals surface area (Å²) in [7, 11) is 1.79. The third-order valence-corrected chi connectivity index (χ3v) is 4.07. The SMILES string of the molecule is CNC(CC(C)C(C)(C)C)c1cc(F)c(C)cc1F. The highest BCUT2D eigenvalue weighted by Crippen LogP contribution is 2.34. The van der Waals surface area contributed by atoms with Crippen molar-refractivity contribution >= 4 is 0 Å². The normalized spacial score (nSPS) is 15.4. The molecule has 1 rings (SSSR count). The molecule has 0 aliphatic rings. The molecule has 0 radical (unpaired) electrons. The highest BCUT2D eigenvalue weighted by atomic mass is 19.1. The number of hydrogen-bond donors (Lipinski definition) is 1. The largest absolute Gasteiger partial charge is 0.313 e. The zero-order valence-corrected chi connectivity index (χ0v) is 12.8. The molecular weight excluding hydrogens is 244 g/mol. The van der Waals surface area contributed by atoms with Gasteiger partial charge in [-0.1, -0.05) is 27.7 Å². The minimum Gasteiger partial charge on any atom is -0.313 e. The quantitative estimate of drug-likeness (QED) is 0.842. The number of hydrogen-bond acceptors (Lipinski definition) is 1. The van der Waals surface area contributed by atoms with E-state index in [1.165, 1.54) is 12.1 Å². The second kappa shape index (κ2) is 6.00. The molecule has 0 aliphatic heterocycles. The van der Waals surface area contributed by atoms with Crippen LogP contribution >= 0.6 is 0 Å². The topological polar surface area (TPSA) is 12.0 Å². The van der Waals surface area contributed by atoms with Crippen LogP contribution in [0.4, 0.5) is 8.78 Å². The van der Waals surface area contributed by atoms with E-state index in [1.807, 2.05) is 0 Å². The van der Waals surface area contributed by atoms with Gasteiger partial charge in [0.1, 0.15) is 11.6 Å². The lowest BCUT2D eigenvalue weighted by molar-refractivity contribution is 0.224. The fraction of sp³-hybridized carbons (Fsp3) is 0.625. The molecule has 1 N–H and O–H groups in total. The van der Waals surface area contributed by atoms with Crippen molar-refractivity contribution < 1.29 is 8.78 Å². The van der Waals surface area contributed by atoms with Crippen molar-refractivity contribution in [3.05, 3.63) is 34.9 Å². The summed E-state index contributed by atoms with van der Waals surface area (Å²) in [4.78, 5) is 0. The van der Waals surface area contributed by atoms with Crippen LogP contribution in [0.1, 0.15) is 51.3 Å². The zero-order chi connectivity index (χ0) is 14.8. The molecule has 0 aromatic heterocycles. The van der Waals surface area contributed by atoms with Crippen molar-refractivity contribution in [2.75, 3.05) is 7.05 Å². The van der Waals surface area contributed by atoms with Crippen LogP contribution in [0.15, 0.2) is 12.1 Å². The summed E-state index contributed by atoms with van der Waals surface area (Å²) in [5.41, 5.74) is 0.913. The molecule has 0 heterocycles. The molecule has 0 spiro atoms. The summed E-state index contributed by atoms with van der Waals surface area (Å²) >= 11 is 0. The van der Waals surface area contributed by atoms with Gasteiger partial charge in [0.05, 0.1) is 0 Å². The van der Waals surface area contributed by atoms with E-state index in [2.05, 4.69) is 33.0 Å². The van der Waals surface area contributed by atoms with Gasteiger partial charge in [-0.3, -0.25) is 0 Å². The van der Waals surface area contributed by atoms with Gasteiger partial charge < -0.3 is 5.32 Å². The Morgan fingerprint density at radius 2 is 1.74 bits per heavy atom. The minimum absolute atomic E-state index is 0.148. The van der Waals surface area contributed by atoms with Gasteiger partial charge in [-0.15, -0.1) is 0 Å². The fourth-order valence-corrected chi connectivity index (χ4v) is 2.04. The van der Waals surface area contributed by atoms with Gasteiger partial charge in [0.15, 0.2) is 0 Å². The molecular formula is C16H25F2N. The first-order valence-electron chi connectivity index (χ1n) is 6.79. The van der Waals surface area contributed by atoms with Gasteiger partial charge >= 0.3 is 0 Å². The highest BCUT2D eigenvalue weighted by molar-refractivity contribution is 5.27. The van der Waals surface area contributed by atoms with Gasteiger partial charge in [-0.05, 0) is 49.4 Å². The van der Waals surface area contributed by atoms with Crippen LogP contribution in [0.2, 0.25) is 0 Å². The smallest absolute Gasteiger partial charge is 0.128 e. The molecule has 0 fully saturated rings. The summed E-state index contributed by atoms with van der Waals surface area (Å²) in [5, 5.41) is 3.10. The zero-order valence-electron chi connectivity index (χ0n) is 12.8. The van der Waals surface area contributed by atoms with E-state index < -0.39 is 0 Å². The first kappa shape index (κ1) is 16.1. The van der Waals surface area contributed by atoms with E-state index in [9.17, 15) is 8.78 Å². The van der Waals surface area contributed by atoms with Crippen molar-refractivity contribution in [2.45, 2.75) is 47.1 Å². The first-order chi connectivity index (χ1) is 8.66. The Labute approximate surface area is 115 Å². The van der Waals surface area contributed by atoms with E-state index in [0.29, 0.717) is 17.0 Å². The van der Waals surface area contributed by atoms with Crippen molar-refractivity contribution in [1.82, 2.24) is 5.32 Å². The van der Waals surface area contributed by atoms with E-state index in [4.69, 9.17) is 0 Å². The van der Waals surface area contributed by atoms with Crippen molar-refractivity contribution in [2.24, 2.45) is 11.3 Å². The fourth-order valence-electron chi connectivity index (χ4n) is 2.04. The second-order valence-electron chi connectivity index (χ2n) is 6.47. The Kier molecular flexibility index (Phi) is 5.08. The molecule has 1 aromatic rings. The molecule has 0 saturated heterocycles. The molecule has 0 saturated carbocycles. The lowest BCUT2D eigenvalue weighted by atomic mass is 9.77. The second-order valence-corrected chi connectivity index (χ2v) is 6.47. The van der Waals surface area contributed by atoms with Crippen LogP contribution < -0.4 is 5.32 Å². The maximum Gasteiger partial charge on any atom is 0.128 e. The van der Waals surface area contributed by atoms with Crippen molar-refractivity contribution in [1.29, 1.82) is 0 Å². The predicted octanol–water partition coefficient (Wildman–Crippen LogP) is 4.61. The minimum atomic E-state index is -0.347. The predicted molar refractivity (Wildman–Crippen MR) is 76.1 cm³/mol. The summed E-state index contributed by atoms with van der Waals surface area (Å²) in [6.07, 6.45) is 0.777. The third-order valence-electron chi connectivity index (χ3n) is 4.07. The molecule has 1 aromatic carbocycles. The summed E-state index contributed by atoms with van der Waals surface area (Å²) in [6.45, 7) is 10.2. The molecule has 1 nitrogen and oxygen atoms in total. The standard InChI is InChI=1S/C16H25F2N/c1-10-7-14(18)12(9-13(10)17)15(19-6)8-11(2)16(3,4)5/h7,9,11,15,19H,8H2,1-6H3. The average molecular weight is 269 g/mol. The molecule has 0 amide bonds. The molecule has 2 unspecified atom stereocenters. The van der Waals surface area contributed by atoms with Crippen LogP contribution in [0.3, 0.4) is 0 Å². The molecule has 19 heavy (non-hydrogen) atoms. The lowest BCUT2D eigenvalue weighted by Crippen LogP contribution is -2.26. The van der Waals surface area contributed by atoms with Gasteiger partial charge in [-0.2, -0.15) is 0 Å². The number of nitrogens with one attached hydrogen (secondary N) is 1. The monoisotopic (exact) mass is 269 g/mol. The Balaban J connectivity index is 3.01. The number of rotatable bonds is 4. The van der Waals surface area contributed by atoms with Crippen molar-refractivity contribution in [3.8, 4) is 0 Å². The molecule has 108 valence electrons. The number of aryl methyl sites for hydroxylation is 1. The maximum atomic E-state index is 14.0. The average Bonchev–Trinajstić information content (AvgIpc) is 2.29. The van der Waals surface area contributed by atoms with E-state index in [0.717, 1.165) is 6.42 Å². The molecule has 2 atom stereocenters. The highest BCUT2D eigenvalue weighted by Gasteiger charge is 2.25. The maximum absolute atomic E-state index is 14.0. The van der Waals surface area contributed by atoms with E-state index in [-0.39, 0.29) is 23.1 Å². The number of halogens is 2. The van der Waals surface area contributed by atoms with Crippen LogP contribution in [0.25, 0.3) is 0 Å². The van der Waals surface area contributed by atoms with Gasteiger partial charge in [0, 0.05) is 11.6 Å². The summed E-state index contributed by atoms with van der Waals surface area (Å²) < 4.78 is 27.6. The summed E-state index contributed by atoms with van der Waals surface area (Å²) in [5.74, 6) is -0.284. The van der Waals surface area contributed by atoms with E-state index >= 15 is 0 Å². The molecule has 0 bridgehead atoms. The third kappa shape index (κ3) is 4.00. The van der Waals surface area contributed by atoms with E-state index in [1.54, 1.807) is 14.0 Å². The summed E-state index contributed by atoms with van der Waals surface area (Å²) in [6, 6.07) is 2.43. The Bertz CT molecular complexity index is 435.